The van der Waals surface area contributed by atoms with Crippen LogP contribution in [0, 0.1) is 0 Å². The smallest absolute Gasteiger partial charge is 0.337 e. The second kappa shape index (κ2) is 10.9. The van der Waals surface area contributed by atoms with E-state index in [4.69, 9.17) is 18.9 Å². The fourth-order valence-corrected chi connectivity index (χ4v) is 4.18. The molecule has 1 aliphatic heterocycles. The largest absolute Gasteiger partial charge is 0.493 e. The van der Waals surface area contributed by atoms with Gasteiger partial charge in [-0.05, 0) is 37.6 Å². The normalized spacial score (nSPS) is 15.7. The number of para-hydroxylation sites is 1. The number of carbonyl (C=O) groups is 3. The number of ether oxygens (including phenoxy) is 4. The number of rotatable bonds is 8. The second-order valence-corrected chi connectivity index (χ2v) is 7.73. The lowest BCUT2D eigenvalue weighted by atomic mass is 9.83. The third kappa shape index (κ3) is 4.90. The highest BCUT2D eigenvalue weighted by Gasteiger charge is 2.38. The van der Waals surface area contributed by atoms with Gasteiger partial charge in [-0.3, -0.25) is 4.79 Å². The Kier molecular flexibility index (Phi) is 7.94. The third-order valence-electron chi connectivity index (χ3n) is 5.84. The maximum Gasteiger partial charge on any atom is 0.337 e. The average molecular weight is 468 g/mol. The number of allylic oxidation sites excluding steroid dienone is 1. The number of benzene rings is 2. The molecule has 1 atom stereocenters. The molecule has 0 N–H and O–H groups in total. The van der Waals surface area contributed by atoms with Gasteiger partial charge in [-0.25, -0.2) is 9.59 Å². The van der Waals surface area contributed by atoms with Gasteiger partial charge in [-0.2, -0.15) is 0 Å². The van der Waals surface area contributed by atoms with Crippen molar-refractivity contribution in [2.45, 2.75) is 32.7 Å². The molecule has 0 spiro atoms. The zero-order chi connectivity index (χ0) is 24.8. The lowest BCUT2D eigenvalue weighted by Gasteiger charge is -2.35. The minimum Gasteiger partial charge on any atom is -0.493 e. The minimum atomic E-state index is -0.547. The fraction of sp³-hybridized carbons (Fsp3) is 0.346. The van der Waals surface area contributed by atoms with Crippen molar-refractivity contribution in [3.05, 3.63) is 70.4 Å². The Labute approximate surface area is 199 Å². The first kappa shape index (κ1) is 24.8. The van der Waals surface area contributed by atoms with Crippen LogP contribution < -0.4 is 9.47 Å². The summed E-state index contributed by atoms with van der Waals surface area (Å²) < 4.78 is 21.1. The highest BCUT2D eigenvalue weighted by Crippen LogP contribution is 2.44. The maximum atomic E-state index is 13.3. The monoisotopic (exact) mass is 467 g/mol. The van der Waals surface area contributed by atoms with Crippen molar-refractivity contribution in [1.29, 1.82) is 0 Å². The molecule has 2 aromatic carbocycles. The lowest BCUT2D eigenvalue weighted by Crippen LogP contribution is -2.38. The predicted octanol–water partition coefficient (Wildman–Crippen LogP) is 3.84. The van der Waals surface area contributed by atoms with Gasteiger partial charge in [0.15, 0.2) is 11.5 Å². The molecule has 2 aromatic rings. The second-order valence-electron chi connectivity index (χ2n) is 7.73. The van der Waals surface area contributed by atoms with Gasteiger partial charge in [0.25, 0.3) is 0 Å². The molecule has 0 radical (unpaired) electrons. The van der Waals surface area contributed by atoms with Gasteiger partial charge in [-0.15, -0.1) is 0 Å². The Hall–Kier alpha value is -3.81. The van der Waals surface area contributed by atoms with E-state index >= 15 is 0 Å². The summed E-state index contributed by atoms with van der Waals surface area (Å²) in [6.07, 6.45) is 0.0647. The molecule has 8 heteroatoms. The molecule has 0 aromatic heterocycles. The van der Waals surface area contributed by atoms with E-state index in [0.29, 0.717) is 33.9 Å². The Balaban J connectivity index is 2.04. The van der Waals surface area contributed by atoms with Crippen molar-refractivity contribution in [1.82, 2.24) is 4.90 Å². The van der Waals surface area contributed by atoms with Crippen molar-refractivity contribution in [3.63, 3.8) is 0 Å². The number of hydrogen-bond acceptors (Lipinski definition) is 7. The molecule has 3 rings (SSSR count). The summed E-state index contributed by atoms with van der Waals surface area (Å²) in [6, 6.07) is 12.2. The minimum absolute atomic E-state index is 0.0647. The first-order valence-electron chi connectivity index (χ1n) is 10.9. The van der Waals surface area contributed by atoms with Gasteiger partial charge in [0.1, 0.15) is 0 Å². The van der Waals surface area contributed by atoms with Crippen molar-refractivity contribution in [3.8, 4) is 11.5 Å². The Morgan fingerprint density at radius 3 is 2.29 bits per heavy atom. The molecule has 8 nitrogen and oxygen atoms in total. The molecular weight excluding hydrogens is 438 g/mol. The number of nitrogens with zero attached hydrogens (tertiary/aromatic N) is 1. The van der Waals surface area contributed by atoms with Crippen LogP contribution in [0.1, 0.15) is 47.7 Å². The number of amides is 1. The Bertz CT molecular complexity index is 1100. The van der Waals surface area contributed by atoms with Crippen LogP contribution in [0.5, 0.6) is 11.5 Å². The van der Waals surface area contributed by atoms with Gasteiger partial charge in [0.2, 0.25) is 5.91 Å². The molecule has 0 bridgehead atoms. The quantitative estimate of drug-likeness (QED) is 0.545. The summed E-state index contributed by atoms with van der Waals surface area (Å²) >= 11 is 0. The van der Waals surface area contributed by atoms with E-state index in [0.717, 1.165) is 5.56 Å². The van der Waals surface area contributed by atoms with E-state index in [1.807, 2.05) is 6.07 Å². The van der Waals surface area contributed by atoms with E-state index in [-0.39, 0.29) is 25.5 Å². The summed E-state index contributed by atoms with van der Waals surface area (Å²) in [4.78, 5) is 39.6. The summed E-state index contributed by atoms with van der Waals surface area (Å²) in [5.41, 5.74) is 2.82. The molecule has 1 aliphatic rings. The van der Waals surface area contributed by atoms with Crippen LogP contribution in [0.15, 0.2) is 53.7 Å². The highest BCUT2D eigenvalue weighted by atomic mass is 16.5. The highest BCUT2D eigenvalue weighted by molar-refractivity contribution is 5.96. The fourth-order valence-electron chi connectivity index (χ4n) is 4.18. The summed E-state index contributed by atoms with van der Waals surface area (Å²) in [5.74, 6) is -0.609. The van der Waals surface area contributed by atoms with Crippen molar-refractivity contribution in [2.24, 2.45) is 0 Å². The molecular formula is C26H29NO7. The van der Waals surface area contributed by atoms with Gasteiger partial charge in [0.05, 0.1) is 45.6 Å². The van der Waals surface area contributed by atoms with Gasteiger partial charge >= 0.3 is 11.9 Å². The molecule has 1 amide bonds. The van der Waals surface area contributed by atoms with Gasteiger partial charge in [-0.1, -0.05) is 24.3 Å². The van der Waals surface area contributed by atoms with E-state index in [9.17, 15) is 14.4 Å². The summed E-state index contributed by atoms with van der Waals surface area (Å²) in [5, 5.41) is 0. The van der Waals surface area contributed by atoms with Crippen LogP contribution >= 0.6 is 0 Å². The van der Waals surface area contributed by atoms with Crippen molar-refractivity contribution < 1.29 is 33.3 Å². The summed E-state index contributed by atoms with van der Waals surface area (Å²) in [6.45, 7) is 3.94. The molecule has 180 valence electrons. The van der Waals surface area contributed by atoms with Crippen molar-refractivity contribution >= 4 is 17.8 Å². The molecule has 0 aliphatic carbocycles. The number of esters is 2. The van der Waals surface area contributed by atoms with Crippen LogP contribution in [0.25, 0.3) is 0 Å². The molecule has 0 fully saturated rings. The zero-order valence-corrected chi connectivity index (χ0v) is 20.0. The van der Waals surface area contributed by atoms with Crippen molar-refractivity contribution in [2.75, 3.05) is 27.9 Å². The van der Waals surface area contributed by atoms with E-state index in [1.54, 1.807) is 55.1 Å². The van der Waals surface area contributed by atoms with Gasteiger partial charge in [0, 0.05) is 23.6 Å². The Morgan fingerprint density at radius 2 is 1.71 bits per heavy atom. The lowest BCUT2D eigenvalue weighted by molar-refractivity contribution is -0.140. The zero-order valence-electron chi connectivity index (χ0n) is 20.0. The SMILES string of the molecule is CCOC(=O)C1=C(C)N(Cc2ccc(C(=O)OC)cc2)C(=O)CC1c1cccc(OC)c1OC. The van der Waals surface area contributed by atoms with Crippen LogP contribution in [0.3, 0.4) is 0 Å². The standard InChI is InChI=1S/C26H29NO7/c1-6-34-26(30)23-16(2)27(15-17-10-12-18(13-11-17)25(29)33-5)22(28)14-20(23)19-8-7-9-21(31-3)24(19)32-4/h7-13,20H,6,14-15H2,1-5H3. The summed E-state index contributed by atoms with van der Waals surface area (Å²) in [7, 11) is 4.38. The van der Waals surface area contributed by atoms with Crippen LogP contribution in [0.2, 0.25) is 0 Å². The number of carbonyl (C=O) groups excluding carboxylic acids is 3. The van der Waals surface area contributed by atoms with Gasteiger partial charge < -0.3 is 23.8 Å². The molecule has 0 saturated heterocycles. The number of methoxy groups -OCH3 is 3. The van der Waals surface area contributed by atoms with E-state index in [1.165, 1.54) is 21.3 Å². The number of hydrogen-bond donors (Lipinski definition) is 0. The molecule has 34 heavy (non-hydrogen) atoms. The average Bonchev–Trinajstić information content (AvgIpc) is 2.85. The topological polar surface area (TPSA) is 91.4 Å². The van der Waals surface area contributed by atoms with Crippen LogP contribution in [-0.4, -0.2) is 50.7 Å². The molecule has 1 unspecified atom stereocenters. The molecule has 1 heterocycles. The predicted molar refractivity (Wildman–Crippen MR) is 125 cm³/mol. The first-order valence-corrected chi connectivity index (χ1v) is 10.9. The molecule has 0 saturated carbocycles. The Morgan fingerprint density at radius 1 is 1.00 bits per heavy atom. The first-order chi connectivity index (χ1) is 16.4. The third-order valence-corrected chi connectivity index (χ3v) is 5.84. The van der Waals surface area contributed by atoms with E-state index < -0.39 is 17.9 Å². The van der Waals surface area contributed by atoms with Crippen LogP contribution in [-0.2, 0) is 25.6 Å². The van der Waals surface area contributed by atoms with Crippen LogP contribution in [0.4, 0.5) is 0 Å². The maximum absolute atomic E-state index is 13.3. The van der Waals surface area contributed by atoms with E-state index in [2.05, 4.69) is 0 Å².